The summed E-state index contributed by atoms with van der Waals surface area (Å²) in [7, 11) is 0. The summed E-state index contributed by atoms with van der Waals surface area (Å²) < 4.78 is 0. The van der Waals surface area contributed by atoms with Gasteiger partial charge in [0.1, 0.15) is 12.2 Å². The van der Waals surface area contributed by atoms with Crippen molar-refractivity contribution in [3.05, 3.63) is 66.5 Å². The van der Waals surface area contributed by atoms with E-state index in [4.69, 9.17) is 0 Å². The van der Waals surface area contributed by atoms with Crippen LogP contribution in [0.5, 0.6) is 0 Å². The summed E-state index contributed by atoms with van der Waals surface area (Å²) >= 11 is 0. The quantitative estimate of drug-likeness (QED) is 0.536. The largest absolute Gasteiger partial charge is 0.368 e. The van der Waals surface area contributed by atoms with Crippen molar-refractivity contribution in [2.45, 2.75) is 52.5 Å². The molecule has 1 fully saturated rings. The van der Waals surface area contributed by atoms with Gasteiger partial charge in [-0.15, -0.1) is 0 Å². The first kappa shape index (κ1) is 22.3. The Hall–Kier alpha value is -2.95. The Labute approximate surface area is 193 Å². The maximum absolute atomic E-state index is 4.53. The molecule has 0 radical (unpaired) electrons. The average molecular weight is 432 g/mol. The van der Waals surface area contributed by atoms with Gasteiger partial charge in [0.05, 0.1) is 6.04 Å². The normalized spacial score (nSPS) is 17.4. The van der Waals surface area contributed by atoms with Gasteiger partial charge in [0.15, 0.2) is 0 Å². The summed E-state index contributed by atoms with van der Waals surface area (Å²) in [5, 5.41) is 6.54. The van der Waals surface area contributed by atoms with E-state index in [-0.39, 0.29) is 0 Å². The smallest absolute Gasteiger partial charge is 0.128 e. The van der Waals surface area contributed by atoms with Crippen molar-refractivity contribution in [1.82, 2.24) is 5.01 Å². The van der Waals surface area contributed by atoms with Gasteiger partial charge in [-0.2, -0.15) is 5.10 Å². The second-order valence-electron chi connectivity index (χ2n) is 8.88. The molecule has 0 N–H and O–H groups in total. The number of hydrogen-bond acceptors (Lipinski definition) is 5. The Morgan fingerprint density at radius 1 is 0.844 bits per heavy atom. The molecule has 2 aliphatic heterocycles. The Bertz CT molecular complexity index is 910. The van der Waals surface area contributed by atoms with Gasteiger partial charge in [0.25, 0.3) is 0 Å². The number of nitrogens with zero attached hydrogens (tertiary/aromatic N) is 5. The zero-order valence-corrected chi connectivity index (χ0v) is 19.9. The number of unbranched alkanes of at least 4 members (excludes halogenated alkanes) is 1. The third kappa shape index (κ3) is 4.77. The molecule has 5 nitrogen and oxygen atoms in total. The van der Waals surface area contributed by atoms with Crippen LogP contribution in [-0.4, -0.2) is 43.6 Å². The Morgan fingerprint density at radius 3 is 1.91 bits per heavy atom. The number of piperazine rings is 1. The van der Waals surface area contributed by atoms with Crippen LogP contribution in [0.4, 0.5) is 17.1 Å². The lowest BCUT2D eigenvalue weighted by Gasteiger charge is -2.37. The molecule has 2 aromatic carbocycles. The Morgan fingerprint density at radius 2 is 1.38 bits per heavy atom. The molecule has 32 heavy (non-hydrogen) atoms. The maximum atomic E-state index is 4.53. The van der Waals surface area contributed by atoms with Gasteiger partial charge in [-0.3, -0.25) is 4.90 Å². The van der Waals surface area contributed by atoms with Crippen molar-refractivity contribution >= 4 is 23.4 Å². The molecule has 2 heterocycles. The number of hydrogen-bond donors (Lipinski definition) is 0. The van der Waals surface area contributed by atoms with Crippen molar-refractivity contribution in [1.29, 1.82) is 0 Å². The number of anilines is 3. The topological polar surface area (TPSA) is 25.3 Å². The molecule has 170 valence electrons. The molecule has 2 aromatic rings. The summed E-state index contributed by atoms with van der Waals surface area (Å²) in [6.45, 7) is 15.0. The predicted molar refractivity (Wildman–Crippen MR) is 138 cm³/mol. The molecule has 0 spiro atoms. The van der Waals surface area contributed by atoms with Crippen LogP contribution in [0.1, 0.15) is 45.6 Å². The van der Waals surface area contributed by atoms with Crippen molar-refractivity contribution in [2.24, 2.45) is 5.10 Å². The standard InChI is InChI=1S/C27H37N5/c1-5-7-8-24-9-11-25(12-10-24)29-17-19-30(20-18-29)26-13-15-27(16-14-26)31-21-28-32(23(31)4)22(3)6-2/h9-16,21-22H,4-8,17-20H2,1-3H3. The van der Waals surface area contributed by atoms with Gasteiger partial charge in [0, 0.05) is 43.2 Å². The summed E-state index contributed by atoms with van der Waals surface area (Å²) in [5.41, 5.74) is 5.18. The minimum Gasteiger partial charge on any atom is -0.368 e. The fourth-order valence-electron chi connectivity index (χ4n) is 4.41. The zero-order chi connectivity index (χ0) is 22.5. The van der Waals surface area contributed by atoms with E-state index in [0.29, 0.717) is 6.04 Å². The maximum Gasteiger partial charge on any atom is 0.128 e. The second kappa shape index (κ2) is 10.1. The number of benzene rings is 2. The lowest BCUT2D eigenvalue weighted by molar-refractivity contribution is 0.286. The third-order valence-corrected chi connectivity index (χ3v) is 6.74. The minimum absolute atomic E-state index is 0.354. The van der Waals surface area contributed by atoms with Crippen LogP contribution in [0.2, 0.25) is 0 Å². The SMILES string of the molecule is C=C1N(c2ccc(N3CCN(c4ccc(CCCC)cc4)CC3)cc2)C=NN1C(C)CC. The lowest BCUT2D eigenvalue weighted by Crippen LogP contribution is -2.46. The Kier molecular flexibility index (Phi) is 7.03. The van der Waals surface area contributed by atoms with Crippen LogP contribution in [0.25, 0.3) is 0 Å². The molecule has 4 rings (SSSR count). The van der Waals surface area contributed by atoms with Crippen LogP contribution >= 0.6 is 0 Å². The van der Waals surface area contributed by atoms with Crippen molar-refractivity contribution < 1.29 is 0 Å². The molecule has 0 saturated carbocycles. The van der Waals surface area contributed by atoms with Gasteiger partial charge < -0.3 is 9.80 Å². The fraction of sp³-hybridized carbons (Fsp3) is 0.444. The molecule has 0 aromatic heterocycles. The van der Waals surface area contributed by atoms with E-state index in [0.717, 1.165) is 44.1 Å². The van der Waals surface area contributed by atoms with E-state index in [1.807, 2.05) is 11.3 Å². The van der Waals surface area contributed by atoms with Gasteiger partial charge in [-0.25, -0.2) is 5.01 Å². The van der Waals surface area contributed by atoms with E-state index in [2.05, 4.69) is 95.7 Å². The lowest BCUT2D eigenvalue weighted by atomic mass is 10.1. The second-order valence-corrected chi connectivity index (χ2v) is 8.88. The summed E-state index contributed by atoms with van der Waals surface area (Å²) in [6.07, 6.45) is 6.62. The molecular formula is C27H37N5. The molecule has 1 atom stereocenters. The highest BCUT2D eigenvalue weighted by molar-refractivity contribution is 5.85. The van der Waals surface area contributed by atoms with Crippen LogP contribution in [0.3, 0.4) is 0 Å². The first-order chi connectivity index (χ1) is 15.6. The number of aryl methyl sites for hydroxylation is 1. The zero-order valence-electron chi connectivity index (χ0n) is 19.9. The van der Waals surface area contributed by atoms with E-state index in [1.54, 1.807) is 0 Å². The highest BCUT2D eigenvalue weighted by Gasteiger charge is 2.24. The molecule has 1 saturated heterocycles. The third-order valence-electron chi connectivity index (χ3n) is 6.74. The van der Waals surface area contributed by atoms with Crippen molar-refractivity contribution in [2.75, 3.05) is 40.9 Å². The average Bonchev–Trinajstić information content (AvgIpc) is 3.24. The van der Waals surface area contributed by atoms with Gasteiger partial charge in [0.2, 0.25) is 0 Å². The monoisotopic (exact) mass is 431 g/mol. The van der Waals surface area contributed by atoms with Crippen LogP contribution in [-0.2, 0) is 6.42 Å². The van der Waals surface area contributed by atoms with Crippen LogP contribution in [0, 0.1) is 0 Å². The molecule has 0 amide bonds. The van der Waals surface area contributed by atoms with E-state index in [1.165, 1.54) is 36.2 Å². The highest BCUT2D eigenvalue weighted by atomic mass is 15.6. The van der Waals surface area contributed by atoms with Gasteiger partial charge in [-0.05, 0) is 68.1 Å². The van der Waals surface area contributed by atoms with E-state index >= 15 is 0 Å². The molecule has 0 bridgehead atoms. The minimum atomic E-state index is 0.354. The van der Waals surface area contributed by atoms with Gasteiger partial charge in [-0.1, -0.05) is 39.0 Å². The summed E-state index contributed by atoms with van der Waals surface area (Å²) in [6, 6.07) is 18.3. The van der Waals surface area contributed by atoms with Crippen molar-refractivity contribution in [3.8, 4) is 0 Å². The van der Waals surface area contributed by atoms with E-state index in [9.17, 15) is 0 Å². The van der Waals surface area contributed by atoms with Crippen molar-refractivity contribution in [3.63, 3.8) is 0 Å². The first-order valence-electron chi connectivity index (χ1n) is 12.1. The Balaban J connectivity index is 1.32. The number of rotatable bonds is 8. The summed E-state index contributed by atoms with van der Waals surface area (Å²) in [4.78, 5) is 7.05. The molecule has 1 unspecified atom stereocenters. The molecule has 5 heteroatoms. The first-order valence-corrected chi connectivity index (χ1v) is 12.1. The van der Waals surface area contributed by atoms with Crippen LogP contribution in [0.15, 0.2) is 66.0 Å². The van der Waals surface area contributed by atoms with Gasteiger partial charge >= 0.3 is 0 Å². The highest BCUT2D eigenvalue weighted by Crippen LogP contribution is 2.29. The summed E-state index contributed by atoms with van der Waals surface area (Å²) in [5.74, 6) is 0.918. The van der Waals surface area contributed by atoms with E-state index < -0.39 is 0 Å². The molecule has 2 aliphatic rings. The molecular weight excluding hydrogens is 394 g/mol. The predicted octanol–water partition coefficient (Wildman–Crippen LogP) is 5.69. The fourth-order valence-corrected chi connectivity index (χ4v) is 4.41. The molecule has 0 aliphatic carbocycles. The van der Waals surface area contributed by atoms with Crippen LogP contribution < -0.4 is 14.7 Å². The number of hydrazone groups is 1.